The molecule has 30 heavy (non-hydrogen) atoms. The molecule has 0 radical (unpaired) electrons. The van der Waals surface area contributed by atoms with E-state index in [9.17, 15) is 14.7 Å². The van der Waals surface area contributed by atoms with Crippen molar-refractivity contribution in [1.29, 1.82) is 0 Å². The Kier molecular flexibility index (Phi) is 7.68. The van der Waals surface area contributed by atoms with E-state index in [1.54, 1.807) is 7.11 Å². The zero-order chi connectivity index (χ0) is 21.3. The number of carbonyl (C=O) groups excluding carboxylic acids is 1. The molecule has 1 aliphatic heterocycles. The zero-order valence-corrected chi connectivity index (χ0v) is 17.3. The van der Waals surface area contributed by atoms with Gasteiger partial charge in [-0.3, -0.25) is 14.5 Å². The lowest BCUT2D eigenvalue weighted by Crippen LogP contribution is -2.49. The Morgan fingerprint density at radius 3 is 2.37 bits per heavy atom. The van der Waals surface area contributed by atoms with Crippen LogP contribution in [0.4, 0.5) is 5.69 Å². The average molecular weight is 412 g/mol. The summed E-state index contributed by atoms with van der Waals surface area (Å²) in [4.78, 5) is 28.4. The predicted octanol–water partition coefficient (Wildman–Crippen LogP) is 2.22. The molecule has 0 bridgehead atoms. The molecule has 0 aliphatic carbocycles. The van der Waals surface area contributed by atoms with Gasteiger partial charge in [0.2, 0.25) is 5.91 Å². The van der Waals surface area contributed by atoms with Crippen LogP contribution in [-0.2, 0) is 16.1 Å². The quantitative estimate of drug-likeness (QED) is 0.659. The summed E-state index contributed by atoms with van der Waals surface area (Å²) in [7, 11) is 1.66. The second-order valence-corrected chi connectivity index (χ2v) is 7.46. The van der Waals surface area contributed by atoms with Gasteiger partial charge in [-0.15, -0.1) is 0 Å². The highest BCUT2D eigenvalue weighted by molar-refractivity contribution is 5.82. The van der Waals surface area contributed by atoms with Crippen molar-refractivity contribution in [2.75, 3.05) is 44.7 Å². The van der Waals surface area contributed by atoms with E-state index in [4.69, 9.17) is 4.74 Å². The van der Waals surface area contributed by atoms with Crippen molar-refractivity contribution in [1.82, 2.24) is 10.2 Å². The lowest BCUT2D eigenvalue weighted by molar-refractivity contribution is -0.144. The zero-order valence-electron chi connectivity index (χ0n) is 17.3. The number of carbonyl (C=O) groups is 2. The van der Waals surface area contributed by atoms with E-state index in [0.29, 0.717) is 13.1 Å². The minimum Gasteiger partial charge on any atom is -0.495 e. The molecule has 1 saturated heterocycles. The number of carboxylic acid groups (broad SMARTS) is 1. The van der Waals surface area contributed by atoms with E-state index >= 15 is 0 Å². The first kappa shape index (κ1) is 21.6. The van der Waals surface area contributed by atoms with E-state index in [-0.39, 0.29) is 12.3 Å². The Hall–Kier alpha value is -3.06. The number of ether oxygens (including phenoxy) is 1. The molecule has 1 fully saturated rings. The van der Waals surface area contributed by atoms with Gasteiger partial charge in [-0.25, -0.2) is 0 Å². The molecule has 1 amide bonds. The third-order valence-corrected chi connectivity index (χ3v) is 5.39. The van der Waals surface area contributed by atoms with Crippen molar-refractivity contribution in [2.24, 2.45) is 5.92 Å². The Bertz CT molecular complexity index is 835. The Morgan fingerprint density at radius 2 is 1.70 bits per heavy atom. The minimum atomic E-state index is -0.933. The highest BCUT2D eigenvalue weighted by atomic mass is 16.5. The van der Waals surface area contributed by atoms with E-state index < -0.39 is 11.9 Å². The van der Waals surface area contributed by atoms with Gasteiger partial charge in [0.05, 0.1) is 18.7 Å². The van der Waals surface area contributed by atoms with Crippen molar-refractivity contribution >= 4 is 17.6 Å². The standard InChI is InChI=1S/C23H29N3O4/c1-30-21-10-6-5-9-20(21)26-13-11-25(12-14-26)17-19(23(28)29)15-22(27)24-16-18-7-3-2-4-8-18/h2-10,19H,11-17H2,1H3,(H,24,27)(H,28,29)/t19-/m0/s1. The van der Waals surface area contributed by atoms with Crippen LogP contribution in [0.3, 0.4) is 0 Å². The number of methoxy groups -OCH3 is 1. The molecule has 1 aliphatic rings. The number of nitrogens with one attached hydrogen (secondary N) is 1. The lowest BCUT2D eigenvalue weighted by Gasteiger charge is -2.37. The Labute approximate surface area is 177 Å². The molecule has 160 valence electrons. The summed E-state index contributed by atoms with van der Waals surface area (Å²) in [5.41, 5.74) is 2.04. The van der Waals surface area contributed by atoms with Crippen LogP contribution in [0.1, 0.15) is 12.0 Å². The molecule has 2 aromatic rings. The predicted molar refractivity (Wildman–Crippen MR) is 116 cm³/mol. The number of benzene rings is 2. The normalized spacial score (nSPS) is 15.4. The molecule has 2 aromatic carbocycles. The van der Waals surface area contributed by atoms with Gasteiger partial charge in [0.1, 0.15) is 5.75 Å². The SMILES string of the molecule is COc1ccccc1N1CCN(C[C@H](CC(=O)NCc2ccccc2)C(=O)O)CC1. The molecule has 7 heteroatoms. The summed E-state index contributed by atoms with van der Waals surface area (Å²) in [5.74, 6) is -1.06. The second-order valence-electron chi connectivity index (χ2n) is 7.46. The summed E-state index contributed by atoms with van der Waals surface area (Å²) in [6.07, 6.45) is -0.0190. The molecule has 7 nitrogen and oxygen atoms in total. The number of nitrogens with zero attached hydrogens (tertiary/aromatic N) is 2. The molecular formula is C23H29N3O4. The van der Waals surface area contributed by atoms with Gasteiger partial charge in [0, 0.05) is 45.7 Å². The first-order valence-electron chi connectivity index (χ1n) is 10.2. The van der Waals surface area contributed by atoms with Crippen molar-refractivity contribution < 1.29 is 19.4 Å². The van der Waals surface area contributed by atoms with Crippen molar-refractivity contribution in [3.8, 4) is 5.75 Å². The van der Waals surface area contributed by atoms with Crippen molar-refractivity contribution in [2.45, 2.75) is 13.0 Å². The number of piperazine rings is 1. The van der Waals surface area contributed by atoms with Gasteiger partial charge < -0.3 is 20.1 Å². The van der Waals surface area contributed by atoms with Crippen LogP contribution in [0, 0.1) is 5.92 Å². The molecule has 0 aromatic heterocycles. The number of para-hydroxylation sites is 2. The van der Waals surface area contributed by atoms with Gasteiger partial charge in [-0.05, 0) is 17.7 Å². The molecule has 0 spiro atoms. The largest absolute Gasteiger partial charge is 0.495 e. The number of aliphatic carboxylic acids is 1. The number of hydrogen-bond donors (Lipinski definition) is 2. The first-order chi connectivity index (χ1) is 14.6. The van der Waals surface area contributed by atoms with Crippen LogP contribution in [0.2, 0.25) is 0 Å². The van der Waals surface area contributed by atoms with E-state index in [2.05, 4.69) is 15.1 Å². The topological polar surface area (TPSA) is 82.1 Å². The molecular weight excluding hydrogens is 382 g/mol. The number of amides is 1. The molecule has 0 unspecified atom stereocenters. The van der Waals surface area contributed by atoms with Crippen LogP contribution in [0.25, 0.3) is 0 Å². The fourth-order valence-corrected chi connectivity index (χ4v) is 3.70. The molecule has 1 atom stereocenters. The second kappa shape index (κ2) is 10.6. The van der Waals surface area contributed by atoms with Crippen LogP contribution < -0.4 is 15.0 Å². The van der Waals surface area contributed by atoms with Crippen molar-refractivity contribution in [3.63, 3.8) is 0 Å². The highest BCUT2D eigenvalue weighted by Gasteiger charge is 2.27. The third-order valence-electron chi connectivity index (χ3n) is 5.39. The molecule has 2 N–H and O–H groups in total. The van der Waals surface area contributed by atoms with Gasteiger partial charge in [0.15, 0.2) is 0 Å². The van der Waals surface area contributed by atoms with Crippen LogP contribution in [0.15, 0.2) is 54.6 Å². The number of anilines is 1. The fourth-order valence-electron chi connectivity index (χ4n) is 3.70. The Balaban J connectivity index is 1.48. The smallest absolute Gasteiger partial charge is 0.308 e. The van der Waals surface area contributed by atoms with Crippen LogP contribution in [-0.4, -0.2) is 61.7 Å². The van der Waals surface area contributed by atoms with Gasteiger partial charge in [-0.1, -0.05) is 42.5 Å². The lowest BCUT2D eigenvalue weighted by atomic mass is 10.0. The maximum Gasteiger partial charge on any atom is 0.308 e. The molecule has 0 saturated carbocycles. The number of hydrogen-bond acceptors (Lipinski definition) is 5. The third kappa shape index (κ3) is 5.97. The summed E-state index contributed by atoms with van der Waals surface area (Å²) in [6, 6.07) is 17.5. The van der Waals surface area contributed by atoms with Gasteiger partial charge in [0.25, 0.3) is 0 Å². The van der Waals surface area contributed by atoms with E-state index in [0.717, 1.165) is 43.2 Å². The first-order valence-corrected chi connectivity index (χ1v) is 10.2. The van der Waals surface area contributed by atoms with Crippen LogP contribution in [0.5, 0.6) is 5.75 Å². The average Bonchev–Trinajstić information content (AvgIpc) is 2.78. The molecule has 1 heterocycles. The maximum atomic E-state index is 12.3. The monoisotopic (exact) mass is 411 g/mol. The van der Waals surface area contributed by atoms with Gasteiger partial charge >= 0.3 is 5.97 Å². The maximum absolute atomic E-state index is 12.3. The van der Waals surface area contributed by atoms with Crippen molar-refractivity contribution in [3.05, 3.63) is 60.2 Å². The molecule has 3 rings (SSSR count). The summed E-state index contributed by atoms with van der Waals surface area (Å²) < 4.78 is 5.44. The number of carboxylic acids is 1. The highest BCUT2D eigenvalue weighted by Crippen LogP contribution is 2.28. The summed E-state index contributed by atoms with van der Waals surface area (Å²) in [6.45, 7) is 3.83. The fraction of sp³-hybridized carbons (Fsp3) is 0.391. The van der Waals surface area contributed by atoms with Crippen LogP contribution >= 0.6 is 0 Å². The number of rotatable bonds is 9. The minimum absolute atomic E-state index is 0.0190. The Morgan fingerprint density at radius 1 is 1.03 bits per heavy atom. The van der Waals surface area contributed by atoms with E-state index in [1.807, 2.05) is 54.6 Å². The van der Waals surface area contributed by atoms with Gasteiger partial charge in [-0.2, -0.15) is 0 Å². The summed E-state index contributed by atoms with van der Waals surface area (Å²) in [5, 5.41) is 12.4. The van der Waals surface area contributed by atoms with E-state index in [1.165, 1.54) is 0 Å². The summed E-state index contributed by atoms with van der Waals surface area (Å²) >= 11 is 0.